The summed E-state index contributed by atoms with van der Waals surface area (Å²) >= 11 is 6.88. The Morgan fingerprint density at radius 2 is 1.69 bits per heavy atom. The molecule has 2 heterocycles. The van der Waals surface area contributed by atoms with Gasteiger partial charge in [-0.25, -0.2) is 14.4 Å². The highest BCUT2D eigenvalue weighted by Gasteiger charge is 2.17. The summed E-state index contributed by atoms with van der Waals surface area (Å²) in [6, 6.07) is 16.1. The summed E-state index contributed by atoms with van der Waals surface area (Å²) in [5, 5.41) is 3.82. The molecule has 0 radical (unpaired) electrons. The fraction of sp³-hybridized carbons (Fsp3) is 0.0714. The minimum absolute atomic E-state index is 0.130. The van der Waals surface area contributed by atoms with Crippen molar-refractivity contribution < 1.29 is 13.9 Å². The van der Waals surface area contributed by atoms with E-state index in [1.807, 2.05) is 43.3 Å². The topological polar surface area (TPSA) is 77.0 Å². The van der Waals surface area contributed by atoms with Crippen LogP contribution in [0.3, 0.4) is 0 Å². The molecule has 0 atom stereocenters. The lowest BCUT2D eigenvalue weighted by Gasteiger charge is -2.16. The molecule has 36 heavy (non-hydrogen) atoms. The first-order chi connectivity index (χ1) is 17.5. The summed E-state index contributed by atoms with van der Waals surface area (Å²) in [5.74, 6) is 0.0713. The molecule has 0 amide bonds. The second-order valence-electron chi connectivity index (χ2n) is 8.05. The van der Waals surface area contributed by atoms with Gasteiger partial charge in [-0.15, -0.1) is 0 Å². The second kappa shape index (κ2) is 9.71. The summed E-state index contributed by atoms with van der Waals surface area (Å²) in [5.41, 5.74) is 5.86. The molecule has 0 aliphatic carbocycles. The number of halogens is 2. The number of aldehydes is 1. The molecule has 0 aliphatic rings. The molecule has 0 spiro atoms. The average molecular weight is 499 g/mol. The van der Waals surface area contributed by atoms with Gasteiger partial charge in [-0.05, 0) is 47.9 Å². The molecule has 0 aliphatic heterocycles. The average Bonchev–Trinajstić information content (AvgIpc) is 2.90. The third-order valence-corrected chi connectivity index (χ3v) is 6.41. The Bertz CT molecular complexity index is 1620. The van der Waals surface area contributed by atoms with Gasteiger partial charge in [0.25, 0.3) is 0 Å². The molecular weight excluding hydrogens is 479 g/mol. The van der Waals surface area contributed by atoms with Gasteiger partial charge in [0.1, 0.15) is 17.1 Å². The Labute approximate surface area is 211 Å². The van der Waals surface area contributed by atoms with E-state index >= 15 is 0 Å². The van der Waals surface area contributed by atoms with Crippen LogP contribution in [0.25, 0.3) is 33.3 Å². The Hall–Kier alpha value is -4.36. The number of carbonyl (C=O) groups excluding carboxylic acids is 1. The molecule has 6 nitrogen and oxygen atoms in total. The number of hydrogen-bond acceptors (Lipinski definition) is 6. The van der Waals surface area contributed by atoms with Crippen molar-refractivity contribution in [1.29, 1.82) is 0 Å². The van der Waals surface area contributed by atoms with Crippen LogP contribution in [-0.4, -0.2) is 28.3 Å². The molecule has 0 fully saturated rings. The van der Waals surface area contributed by atoms with E-state index in [1.54, 1.807) is 30.7 Å². The lowest BCUT2D eigenvalue weighted by molar-refractivity contribution is 0.111. The van der Waals surface area contributed by atoms with Crippen molar-refractivity contribution in [2.24, 2.45) is 0 Å². The van der Waals surface area contributed by atoms with Gasteiger partial charge >= 0.3 is 0 Å². The van der Waals surface area contributed by atoms with Crippen molar-refractivity contribution in [2.45, 2.75) is 6.92 Å². The van der Waals surface area contributed by atoms with Crippen LogP contribution >= 0.6 is 11.6 Å². The summed E-state index contributed by atoms with van der Waals surface area (Å²) in [6.45, 7) is 1.99. The Kier molecular flexibility index (Phi) is 6.31. The number of pyridine rings is 1. The zero-order valence-electron chi connectivity index (χ0n) is 19.4. The van der Waals surface area contributed by atoms with E-state index in [4.69, 9.17) is 16.3 Å². The molecule has 0 unspecified atom stereocenters. The van der Waals surface area contributed by atoms with Crippen molar-refractivity contribution in [2.75, 3.05) is 12.4 Å². The summed E-state index contributed by atoms with van der Waals surface area (Å²) < 4.78 is 19.8. The van der Waals surface area contributed by atoms with Gasteiger partial charge in [0.15, 0.2) is 12.1 Å². The number of ether oxygens (including phenoxy) is 1. The number of aromatic nitrogens is 3. The Morgan fingerprint density at radius 3 is 2.50 bits per heavy atom. The van der Waals surface area contributed by atoms with Gasteiger partial charge in [-0.1, -0.05) is 41.9 Å². The van der Waals surface area contributed by atoms with Gasteiger partial charge in [-0.2, -0.15) is 0 Å². The number of nitrogens with zero attached hydrogens (tertiary/aromatic N) is 3. The first-order valence-electron chi connectivity index (χ1n) is 11.1. The van der Waals surface area contributed by atoms with E-state index in [-0.39, 0.29) is 11.3 Å². The first-order valence-corrected chi connectivity index (χ1v) is 11.4. The number of anilines is 2. The molecule has 0 saturated carbocycles. The van der Waals surface area contributed by atoms with E-state index in [0.29, 0.717) is 33.8 Å². The molecule has 2 aromatic heterocycles. The number of hydrogen-bond donors (Lipinski definition) is 1. The van der Waals surface area contributed by atoms with Crippen LogP contribution in [0.2, 0.25) is 5.02 Å². The highest BCUT2D eigenvalue weighted by atomic mass is 35.5. The normalized spacial score (nSPS) is 10.9. The minimum Gasteiger partial charge on any atom is -0.496 e. The lowest BCUT2D eigenvalue weighted by Crippen LogP contribution is -2.00. The van der Waals surface area contributed by atoms with Crippen LogP contribution in [0.15, 0.2) is 73.2 Å². The highest BCUT2D eigenvalue weighted by Crippen LogP contribution is 2.41. The van der Waals surface area contributed by atoms with Crippen LogP contribution in [0, 0.1) is 12.7 Å². The smallest absolute Gasteiger partial charge is 0.158 e. The summed E-state index contributed by atoms with van der Waals surface area (Å²) in [6.07, 6.45) is 5.39. The summed E-state index contributed by atoms with van der Waals surface area (Å²) in [7, 11) is 1.39. The van der Waals surface area contributed by atoms with Crippen LogP contribution in [0.4, 0.5) is 15.9 Å². The number of fused-ring (bicyclic) bond motifs is 1. The molecule has 3 aromatic carbocycles. The molecule has 8 heteroatoms. The monoisotopic (exact) mass is 498 g/mol. The fourth-order valence-corrected chi connectivity index (χ4v) is 4.51. The number of methoxy groups -OCH3 is 1. The number of carbonyl (C=O) groups is 1. The predicted octanol–water partition coefficient (Wildman–Crippen LogP) is 7.02. The maximum atomic E-state index is 14.6. The molecular formula is C28H20ClFN4O2. The van der Waals surface area contributed by atoms with Crippen LogP contribution in [0.1, 0.15) is 15.9 Å². The van der Waals surface area contributed by atoms with Crippen molar-refractivity contribution in [3.05, 3.63) is 95.2 Å². The molecule has 0 saturated heterocycles. The fourth-order valence-electron chi connectivity index (χ4n) is 4.17. The van der Waals surface area contributed by atoms with E-state index in [0.717, 1.165) is 27.9 Å². The summed E-state index contributed by atoms with van der Waals surface area (Å²) in [4.78, 5) is 24.5. The molecule has 5 rings (SSSR count). The van der Waals surface area contributed by atoms with Crippen molar-refractivity contribution >= 4 is 40.4 Å². The highest BCUT2D eigenvalue weighted by molar-refractivity contribution is 6.36. The van der Waals surface area contributed by atoms with Gasteiger partial charge in [0.05, 0.1) is 23.2 Å². The third kappa shape index (κ3) is 4.14. The number of nitrogens with one attached hydrogen (secondary N) is 1. The first kappa shape index (κ1) is 23.4. The van der Waals surface area contributed by atoms with Crippen molar-refractivity contribution in [3.8, 4) is 28.0 Å². The van der Waals surface area contributed by atoms with Crippen molar-refractivity contribution in [1.82, 2.24) is 15.0 Å². The third-order valence-electron chi connectivity index (χ3n) is 6.00. The number of benzene rings is 3. The van der Waals surface area contributed by atoms with Gasteiger partial charge < -0.3 is 10.1 Å². The van der Waals surface area contributed by atoms with Crippen molar-refractivity contribution in [3.63, 3.8) is 0 Å². The molecule has 5 aromatic rings. The van der Waals surface area contributed by atoms with Crippen LogP contribution in [-0.2, 0) is 0 Å². The van der Waals surface area contributed by atoms with Gasteiger partial charge in [0.2, 0.25) is 0 Å². The molecule has 1 N–H and O–H groups in total. The zero-order valence-corrected chi connectivity index (χ0v) is 20.2. The standard InChI is InChI=1S/C28H20ClFN4O2/c1-16-18(5-4-8-23(16)34-28-27-24(9-10-33-28)31-11-12-32-27)20-7-3-6-19(26(20)29)17-13-22(30)21(15-35)25(14-17)36-2/h3-15H,1-2H3,(H,33,34). The lowest BCUT2D eigenvalue weighted by atomic mass is 9.94. The van der Waals surface area contributed by atoms with Gasteiger partial charge in [0, 0.05) is 35.4 Å². The molecule has 178 valence electrons. The predicted molar refractivity (Wildman–Crippen MR) is 140 cm³/mol. The SMILES string of the molecule is COc1cc(-c2cccc(-c3cccc(Nc4nccc5nccnc45)c3C)c2Cl)cc(F)c1C=O. The van der Waals surface area contributed by atoms with Crippen LogP contribution < -0.4 is 10.1 Å². The number of rotatable bonds is 6. The minimum atomic E-state index is -0.672. The quantitative estimate of drug-likeness (QED) is 0.253. The van der Waals surface area contributed by atoms with E-state index in [2.05, 4.69) is 20.3 Å². The zero-order chi connectivity index (χ0) is 25.2. The Balaban J connectivity index is 1.58. The molecule has 0 bridgehead atoms. The maximum absolute atomic E-state index is 14.6. The maximum Gasteiger partial charge on any atom is 0.158 e. The second-order valence-corrected chi connectivity index (χ2v) is 8.42. The largest absolute Gasteiger partial charge is 0.496 e. The Morgan fingerprint density at radius 1 is 0.944 bits per heavy atom. The van der Waals surface area contributed by atoms with E-state index in [9.17, 15) is 9.18 Å². The van der Waals surface area contributed by atoms with Gasteiger partial charge in [-0.3, -0.25) is 9.78 Å². The van der Waals surface area contributed by atoms with E-state index < -0.39 is 5.82 Å². The van der Waals surface area contributed by atoms with Crippen LogP contribution in [0.5, 0.6) is 5.75 Å². The van der Waals surface area contributed by atoms with E-state index in [1.165, 1.54) is 13.2 Å².